The molecule has 3 nitrogen and oxygen atoms in total. The van der Waals surface area contributed by atoms with Gasteiger partial charge >= 0.3 is 0 Å². The van der Waals surface area contributed by atoms with Gasteiger partial charge < -0.3 is 14.8 Å². The van der Waals surface area contributed by atoms with E-state index in [4.69, 9.17) is 9.47 Å². The first-order valence-corrected chi connectivity index (χ1v) is 6.32. The van der Waals surface area contributed by atoms with Crippen LogP contribution in [0.1, 0.15) is 13.3 Å². The van der Waals surface area contributed by atoms with Crippen LogP contribution < -0.4 is 5.32 Å². The van der Waals surface area contributed by atoms with Gasteiger partial charge in [-0.25, -0.2) is 0 Å². The molecule has 2 aliphatic rings. The van der Waals surface area contributed by atoms with Crippen LogP contribution in [-0.4, -0.2) is 49.5 Å². The summed E-state index contributed by atoms with van der Waals surface area (Å²) in [7, 11) is 1.76. The fraction of sp³-hybridized carbons (Fsp3) is 1.00. The number of hydrogen-bond acceptors (Lipinski definition) is 4. The van der Waals surface area contributed by atoms with Crippen LogP contribution in [0.5, 0.6) is 0 Å². The molecule has 0 amide bonds. The highest BCUT2D eigenvalue weighted by Gasteiger charge is 2.49. The Hall–Kier alpha value is 0.230. The lowest BCUT2D eigenvalue weighted by Gasteiger charge is -2.44. The molecule has 1 N–H and O–H groups in total. The van der Waals surface area contributed by atoms with Gasteiger partial charge in [-0.05, 0) is 12.2 Å². The first kappa shape index (κ1) is 10.7. The number of rotatable bonds is 2. The van der Waals surface area contributed by atoms with Gasteiger partial charge in [0.25, 0.3) is 0 Å². The first-order chi connectivity index (χ1) is 6.79. The molecule has 2 aliphatic heterocycles. The number of nitrogens with one attached hydrogen (secondary N) is 1. The molecule has 0 aromatic carbocycles. The Balaban J connectivity index is 2.11. The van der Waals surface area contributed by atoms with Crippen molar-refractivity contribution < 1.29 is 9.47 Å². The van der Waals surface area contributed by atoms with E-state index in [-0.39, 0.29) is 5.60 Å². The fourth-order valence-corrected chi connectivity index (χ4v) is 3.92. The van der Waals surface area contributed by atoms with Gasteiger partial charge in [0.2, 0.25) is 0 Å². The summed E-state index contributed by atoms with van der Waals surface area (Å²) in [6.07, 6.45) is 1.15. The van der Waals surface area contributed by atoms with E-state index in [2.05, 4.69) is 12.2 Å². The van der Waals surface area contributed by atoms with Crippen molar-refractivity contribution in [3.8, 4) is 0 Å². The van der Waals surface area contributed by atoms with Crippen molar-refractivity contribution in [2.75, 3.05) is 32.6 Å². The topological polar surface area (TPSA) is 30.5 Å². The summed E-state index contributed by atoms with van der Waals surface area (Å²) in [5, 5.41) is 4.10. The molecule has 2 rings (SSSR count). The van der Waals surface area contributed by atoms with Crippen molar-refractivity contribution in [3.63, 3.8) is 0 Å². The molecule has 2 heterocycles. The van der Waals surface area contributed by atoms with E-state index in [1.807, 2.05) is 11.8 Å². The molecule has 0 saturated carbocycles. The average molecular weight is 217 g/mol. The van der Waals surface area contributed by atoms with Crippen molar-refractivity contribution in [1.82, 2.24) is 5.32 Å². The average Bonchev–Trinajstić information content (AvgIpc) is 2.54. The van der Waals surface area contributed by atoms with Crippen LogP contribution in [0, 0.1) is 0 Å². The largest absolute Gasteiger partial charge is 0.383 e. The van der Waals surface area contributed by atoms with E-state index in [0.29, 0.717) is 11.3 Å². The molecule has 14 heavy (non-hydrogen) atoms. The van der Waals surface area contributed by atoms with Gasteiger partial charge in [0.15, 0.2) is 0 Å². The van der Waals surface area contributed by atoms with Gasteiger partial charge in [0.05, 0.1) is 24.9 Å². The third kappa shape index (κ3) is 1.69. The van der Waals surface area contributed by atoms with E-state index < -0.39 is 0 Å². The third-order valence-corrected chi connectivity index (χ3v) is 4.67. The second-order valence-corrected chi connectivity index (χ2v) is 5.48. The van der Waals surface area contributed by atoms with Crippen molar-refractivity contribution in [1.29, 1.82) is 0 Å². The van der Waals surface area contributed by atoms with Gasteiger partial charge in [0, 0.05) is 18.9 Å². The summed E-state index contributed by atoms with van der Waals surface area (Å²) in [4.78, 5) is 0. The molecule has 0 aliphatic carbocycles. The Morgan fingerprint density at radius 2 is 2.50 bits per heavy atom. The maximum absolute atomic E-state index is 6.04. The van der Waals surface area contributed by atoms with Crippen LogP contribution in [0.2, 0.25) is 0 Å². The van der Waals surface area contributed by atoms with Crippen LogP contribution >= 0.6 is 11.8 Å². The molecule has 0 aromatic heterocycles. The van der Waals surface area contributed by atoms with Crippen LogP contribution in [0.15, 0.2) is 0 Å². The lowest BCUT2D eigenvalue weighted by Crippen LogP contribution is -2.62. The predicted octanol–water partition coefficient (Wildman–Crippen LogP) is 0.885. The number of morpholine rings is 1. The van der Waals surface area contributed by atoms with E-state index in [1.54, 1.807) is 7.11 Å². The monoisotopic (exact) mass is 217 g/mol. The summed E-state index contributed by atoms with van der Waals surface area (Å²) in [6, 6.07) is 0.367. The molecular weight excluding hydrogens is 198 g/mol. The van der Waals surface area contributed by atoms with Crippen LogP contribution in [-0.2, 0) is 9.47 Å². The highest BCUT2D eigenvalue weighted by Crippen LogP contribution is 2.42. The van der Waals surface area contributed by atoms with E-state index in [1.165, 1.54) is 5.75 Å². The van der Waals surface area contributed by atoms with Crippen molar-refractivity contribution in [3.05, 3.63) is 0 Å². The minimum Gasteiger partial charge on any atom is -0.383 e. The molecule has 0 radical (unpaired) electrons. The molecule has 3 atom stereocenters. The van der Waals surface area contributed by atoms with Crippen molar-refractivity contribution >= 4 is 11.8 Å². The standard InChI is InChI=1S/C10H19NO2S/c1-8-10(3-6-14-8)9(7-12-2)11-4-5-13-10/h8-9,11H,3-7H2,1-2H3. The fourth-order valence-electron chi connectivity index (χ4n) is 2.50. The van der Waals surface area contributed by atoms with E-state index in [0.717, 1.165) is 26.2 Å². The summed E-state index contributed by atoms with van der Waals surface area (Å²) in [6.45, 7) is 4.82. The zero-order valence-electron chi connectivity index (χ0n) is 8.91. The molecule has 3 unspecified atom stereocenters. The quantitative estimate of drug-likeness (QED) is 0.744. The van der Waals surface area contributed by atoms with E-state index >= 15 is 0 Å². The number of methoxy groups -OCH3 is 1. The molecule has 1 spiro atoms. The Labute approximate surface area is 89.9 Å². The number of ether oxygens (including phenoxy) is 2. The Morgan fingerprint density at radius 1 is 1.64 bits per heavy atom. The molecule has 2 fully saturated rings. The molecule has 82 valence electrons. The minimum atomic E-state index is 0.0267. The lowest BCUT2D eigenvalue weighted by molar-refractivity contribution is -0.106. The van der Waals surface area contributed by atoms with Crippen molar-refractivity contribution in [2.24, 2.45) is 0 Å². The maximum Gasteiger partial charge on any atom is 0.0980 e. The Morgan fingerprint density at radius 3 is 3.14 bits per heavy atom. The zero-order valence-corrected chi connectivity index (χ0v) is 9.73. The molecule has 0 bridgehead atoms. The Bertz CT molecular complexity index is 201. The van der Waals surface area contributed by atoms with Crippen molar-refractivity contribution in [2.45, 2.75) is 30.2 Å². The molecule has 2 saturated heterocycles. The summed E-state index contributed by atoms with van der Waals surface area (Å²) in [5.41, 5.74) is 0.0267. The zero-order chi connectivity index (χ0) is 10.0. The van der Waals surface area contributed by atoms with Gasteiger partial charge in [-0.15, -0.1) is 0 Å². The second-order valence-electron chi connectivity index (χ2n) is 4.03. The van der Waals surface area contributed by atoms with Crippen LogP contribution in [0.25, 0.3) is 0 Å². The second kappa shape index (κ2) is 4.39. The third-order valence-electron chi connectivity index (χ3n) is 3.34. The molecule has 4 heteroatoms. The van der Waals surface area contributed by atoms with Gasteiger partial charge in [-0.3, -0.25) is 0 Å². The normalized spacial score (nSPS) is 43.3. The van der Waals surface area contributed by atoms with E-state index in [9.17, 15) is 0 Å². The van der Waals surface area contributed by atoms with Gasteiger partial charge in [0.1, 0.15) is 0 Å². The SMILES string of the molecule is COCC1NCCOC12CCSC2C. The Kier molecular flexibility index (Phi) is 3.37. The first-order valence-electron chi connectivity index (χ1n) is 5.27. The number of hydrogen-bond donors (Lipinski definition) is 1. The smallest absolute Gasteiger partial charge is 0.0980 e. The highest BCUT2D eigenvalue weighted by molar-refractivity contribution is 8.00. The highest BCUT2D eigenvalue weighted by atomic mass is 32.2. The molecular formula is C10H19NO2S. The molecule has 0 aromatic rings. The number of thioether (sulfide) groups is 1. The maximum atomic E-state index is 6.04. The summed E-state index contributed by atoms with van der Waals surface area (Å²) in [5.74, 6) is 1.21. The lowest BCUT2D eigenvalue weighted by atomic mass is 9.87. The van der Waals surface area contributed by atoms with Crippen LogP contribution in [0.3, 0.4) is 0 Å². The minimum absolute atomic E-state index is 0.0267. The van der Waals surface area contributed by atoms with Gasteiger partial charge in [-0.2, -0.15) is 11.8 Å². The van der Waals surface area contributed by atoms with Crippen LogP contribution in [0.4, 0.5) is 0 Å². The predicted molar refractivity (Wildman–Crippen MR) is 58.9 cm³/mol. The van der Waals surface area contributed by atoms with Gasteiger partial charge in [-0.1, -0.05) is 6.92 Å². The summed E-state index contributed by atoms with van der Waals surface area (Å²) >= 11 is 2.01. The summed E-state index contributed by atoms with van der Waals surface area (Å²) < 4.78 is 11.3.